The highest BCUT2D eigenvalue weighted by Gasteiger charge is 2.24. The Hall–Kier alpha value is 1.73. The van der Waals surface area contributed by atoms with Crippen molar-refractivity contribution >= 4 is 96.6 Å². The zero-order valence-electron chi connectivity index (χ0n) is 6.09. The molecule has 0 aromatic heterocycles. The molecular weight excluding hydrogens is 651 g/mol. The van der Waals surface area contributed by atoms with Crippen molar-refractivity contribution in [1.29, 1.82) is 0 Å². The molecule has 0 aliphatic rings. The summed E-state index contributed by atoms with van der Waals surface area (Å²) in [5, 5.41) is 0. The summed E-state index contributed by atoms with van der Waals surface area (Å²) in [5.41, 5.74) is 0.337. The average molecular weight is 651 g/mol. The average Bonchev–Trinajstić information content (AvgIpc) is 2.11. The Morgan fingerprint density at radius 1 is 0.786 bits per heavy atom. The maximum Gasteiger partial charge on any atom is 0.196 e. The molecule has 8 heteroatoms. The van der Waals surface area contributed by atoms with Crippen LogP contribution in [0, 0.1) is 24.6 Å². The minimum absolute atomic E-state index is 0.0784. The van der Waals surface area contributed by atoms with E-state index in [9.17, 15) is 13.2 Å². The molecule has 0 amide bonds. The van der Waals surface area contributed by atoms with Gasteiger partial charge in [-0.25, -0.2) is 13.2 Å². The SMILES string of the molecule is Fc1c(F)c(I)c(N(I)I)c(I)c1F. The Labute approximate surface area is 133 Å². The molecule has 14 heavy (non-hydrogen) atoms. The molecule has 0 aliphatic carbocycles. The van der Waals surface area contributed by atoms with Gasteiger partial charge in [0, 0.05) is 0 Å². The number of halogens is 7. The maximum atomic E-state index is 13.1. The second kappa shape index (κ2) is 5.37. The van der Waals surface area contributed by atoms with Crippen LogP contribution >= 0.6 is 90.9 Å². The number of benzene rings is 1. The van der Waals surface area contributed by atoms with Crippen LogP contribution in [0.25, 0.3) is 0 Å². The normalized spacial score (nSPS) is 10.5. The van der Waals surface area contributed by atoms with Crippen LogP contribution in [0.5, 0.6) is 0 Å². The monoisotopic (exact) mass is 651 g/mol. The molecule has 1 nitrogen and oxygen atoms in total. The third-order valence-corrected chi connectivity index (χ3v) is 4.29. The number of nitrogens with zero attached hydrogens (tertiary/aromatic N) is 1. The van der Waals surface area contributed by atoms with Crippen molar-refractivity contribution < 1.29 is 13.2 Å². The Morgan fingerprint density at radius 2 is 1.14 bits per heavy atom. The van der Waals surface area contributed by atoms with Crippen molar-refractivity contribution in [3.63, 3.8) is 0 Å². The lowest BCUT2D eigenvalue weighted by Gasteiger charge is -2.13. The van der Waals surface area contributed by atoms with Gasteiger partial charge in [0.25, 0.3) is 0 Å². The minimum Gasteiger partial charge on any atom is -0.253 e. The van der Waals surface area contributed by atoms with Crippen LogP contribution in [-0.4, -0.2) is 0 Å². The van der Waals surface area contributed by atoms with Crippen LogP contribution in [0.15, 0.2) is 0 Å². The van der Waals surface area contributed by atoms with E-state index in [4.69, 9.17) is 0 Å². The predicted octanol–water partition coefficient (Wildman–Crippen LogP) is 4.82. The van der Waals surface area contributed by atoms with E-state index in [0.29, 0.717) is 5.69 Å². The van der Waals surface area contributed by atoms with Gasteiger partial charge in [-0.3, -0.25) is 1.33 Å². The third kappa shape index (κ3) is 2.52. The smallest absolute Gasteiger partial charge is 0.196 e. The van der Waals surface area contributed by atoms with E-state index in [1.807, 2.05) is 45.7 Å². The van der Waals surface area contributed by atoms with Crippen molar-refractivity contribution in [1.82, 2.24) is 0 Å². The van der Waals surface area contributed by atoms with Crippen LogP contribution in [0.1, 0.15) is 0 Å². The van der Waals surface area contributed by atoms with Crippen molar-refractivity contribution in [3.8, 4) is 0 Å². The lowest BCUT2D eigenvalue weighted by molar-refractivity contribution is 0.441. The lowest BCUT2D eigenvalue weighted by atomic mass is 10.3. The van der Waals surface area contributed by atoms with E-state index < -0.39 is 17.5 Å². The van der Waals surface area contributed by atoms with Gasteiger partial charge in [0.2, 0.25) is 0 Å². The standard InChI is InChI=1S/C6F3I4N/c7-1-2(8)4(10)6(14(12)13)5(11)3(1)9. The van der Waals surface area contributed by atoms with Gasteiger partial charge in [0.15, 0.2) is 17.5 Å². The van der Waals surface area contributed by atoms with Crippen LogP contribution < -0.4 is 1.33 Å². The first-order chi connectivity index (χ1) is 6.37. The first-order valence-electron chi connectivity index (χ1n) is 3.01. The molecule has 0 radical (unpaired) electrons. The van der Waals surface area contributed by atoms with Gasteiger partial charge in [-0.15, -0.1) is 0 Å². The second-order valence-electron chi connectivity index (χ2n) is 2.15. The molecule has 0 saturated heterocycles. The molecule has 0 aliphatic heterocycles. The van der Waals surface area contributed by atoms with Gasteiger partial charge in [0.05, 0.1) is 58.6 Å². The number of rotatable bonds is 1. The summed E-state index contributed by atoms with van der Waals surface area (Å²) in [4.78, 5) is 0. The van der Waals surface area contributed by atoms with Crippen LogP contribution in [0.2, 0.25) is 0 Å². The second-order valence-corrected chi connectivity index (χ2v) is 8.08. The Morgan fingerprint density at radius 3 is 1.43 bits per heavy atom. The molecule has 0 bridgehead atoms. The fraction of sp³-hybridized carbons (Fsp3) is 0. The van der Waals surface area contributed by atoms with E-state index >= 15 is 0 Å². The highest BCUT2D eigenvalue weighted by Crippen LogP contribution is 2.37. The van der Waals surface area contributed by atoms with Gasteiger partial charge in [-0.1, -0.05) is 0 Å². The third-order valence-electron chi connectivity index (χ3n) is 1.36. The largest absolute Gasteiger partial charge is 0.253 e. The molecule has 78 valence electrons. The van der Waals surface area contributed by atoms with Crippen molar-refractivity contribution in [2.45, 2.75) is 0 Å². The van der Waals surface area contributed by atoms with Crippen LogP contribution in [0.4, 0.5) is 18.9 Å². The summed E-state index contributed by atoms with van der Waals surface area (Å²) >= 11 is 7.02. The summed E-state index contributed by atoms with van der Waals surface area (Å²) in [6.07, 6.45) is 0. The topological polar surface area (TPSA) is 3.24 Å². The molecule has 0 heterocycles. The number of anilines is 1. The molecule has 0 saturated carbocycles. The summed E-state index contributed by atoms with van der Waals surface area (Å²) in [5.74, 6) is -3.70. The molecule has 0 unspecified atom stereocenters. The zero-order chi connectivity index (χ0) is 11.0. The summed E-state index contributed by atoms with van der Waals surface area (Å²) in [6.45, 7) is 0. The molecular formula is C6F3I4N. The molecule has 0 spiro atoms. The van der Waals surface area contributed by atoms with E-state index in [2.05, 4.69) is 0 Å². The van der Waals surface area contributed by atoms with E-state index in [0.717, 1.165) is 0 Å². The van der Waals surface area contributed by atoms with Crippen LogP contribution in [0.3, 0.4) is 0 Å². The van der Waals surface area contributed by atoms with Crippen molar-refractivity contribution in [2.24, 2.45) is 0 Å². The van der Waals surface area contributed by atoms with E-state index in [1.165, 1.54) is 1.33 Å². The molecule has 0 fully saturated rings. The Kier molecular flexibility index (Phi) is 5.30. The fourth-order valence-electron chi connectivity index (χ4n) is 0.742. The molecule has 0 atom stereocenters. The lowest BCUT2D eigenvalue weighted by Crippen LogP contribution is -2.05. The van der Waals surface area contributed by atoms with E-state index in [-0.39, 0.29) is 7.14 Å². The zero-order valence-corrected chi connectivity index (χ0v) is 14.7. The summed E-state index contributed by atoms with van der Waals surface area (Å²) < 4.78 is 40.8. The van der Waals surface area contributed by atoms with Gasteiger partial charge in [-0.2, -0.15) is 0 Å². The first kappa shape index (κ1) is 13.8. The highest BCUT2D eigenvalue weighted by atomic mass is 127. The number of hydrogen-bond acceptors (Lipinski definition) is 1. The Bertz CT molecular complexity index is 353. The molecule has 1 rings (SSSR count). The van der Waals surface area contributed by atoms with Gasteiger partial charge in [0.1, 0.15) is 0 Å². The number of hydrogen-bond donors (Lipinski definition) is 0. The van der Waals surface area contributed by atoms with Crippen molar-refractivity contribution in [3.05, 3.63) is 24.6 Å². The quantitative estimate of drug-likeness (QED) is 0.183. The maximum absolute atomic E-state index is 13.1. The first-order valence-corrected chi connectivity index (χ1v) is 7.09. The summed E-state index contributed by atoms with van der Waals surface area (Å²) in [7, 11) is 0. The molecule has 0 N–H and O–H groups in total. The van der Waals surface area contributed by atoms with E-state index in [1.54, 1.807) is 45.2 Å². The van der Waals surface area contributed by atoms with Gasteiger partial charge in [-0.05, 0) is 45.2 Å². The highest BCUT2D eigenvalue weighted by molar-refractivity contribution is 14.2. The minimum atomic E-state index is -1.42. The summed E-state index contributed by atoms with van der Waals surface area (Å²) in [6, 6.07) is 0. The van der Waals surface area contributed by atoms with Crippen molar-refractivity contribution in [2.75, 3.05) is 1.33 Å². The Balaban J connectivity index is 3.60. The fourth-order valence-corrected chi connectivity index (χ4v) is 5.56. The predicted molar refractivity (Wildman–Crippen MR) is 82.3 cm³/mol. The van der Waals surface area contributed by atoms with Gasteiger partial charge < -0.3 is 0 Å². The molecule has 1 aromatic carbocycles. The molecule has 1 aromatic rings. The van der Waals surface area contributed by atoms with Gasteiger partial charge >= 0.3 is 0 Å². The van der Waals surface area contributed by atoms with Crippen LogP contribution in [-0.2, 0) is 0 Å².